The zero-order valence-corrected chi connectivity index (χ0v) is 16.6. The Labute approximate surface area is 168 Å². The maximum Gasteiger partial charge on any atom is 0.323 e. The maximum atomic E-state index is 12.7. The normalized spacial score (nSPS) is 11.7. The minimum Gasteiger partial charge on any atom is -0.460 e. The summed E-state index contributed by atoms with van der Waals surface area (Å²) in [6.07, 6.45) is 0.577. The highest BCUT2D eigenvalue weighted by molar-refractivity contribution is 9.10. The van der Waals surface area contributed by atoms with E-state index in [1.807, 2.05) is 84.9 Å². The van der Waals surface area contributed by atoms with Gasteiger partial charge in [-0.2, -0.15) is 0 Å². The summed E-state index contributed by atoms with van der Waals surface area (Å²) in [6.45, 7) is 0.895. The second-order valence-corrected chi connectivity index (χ2v) is 7.26. The van der Waals surface area contributed by atoms with E-state index in [2.05, 4.69) is 21.2 Å². The van der Waals surface area contributed by atoms with Gasteiger partial charge in [-0.3, -0.25) is 4.79 Å². The Balaban J connectivity index is 1.65. The molecule has 0 amide bonds. The highest BCUT2D eigenvalue weighted by atomic mass is 79.9. The molecule has 0 aliphatic heterocycles. The molecule has 0 fully saturated rings. The van der Waals surface area contributed by atoms with Gasteiger partial charge >= 0.3 is 5.97 Å². The number of hydrogen-bond acceptors (Lipinski definition) is 3. The van der Waals surface area contributed by atoms with E-state index in [-0.39, 0.29) is 12.6 Å². The summed E-state index contributed by atoms with van der Waals surface area (Å²) in [5.41, 5.74) is 3.20. The Morgan fingerprint density at radius 3 is 2.04 bits per heavy atom. The maximum absolute atomic E-state index is 12.7. The molecule has 0 radical (unpaired) electrons. The van der Waals surface area contributed by atoms with Gasteiger partial charge in [0.2, 0.25) is 0 Å². The molecule has 0 aliphatic rings. The average molecular weight is 424 g/mol. The van der Waals surface area contributed by atoms with Crippen LogP contribution < -0.4 is 5.32 Å². The molecule has 0 heterocycles. The summed E-state index contributed by atoms with van der Waals surface area (Å²) in [5, 5.41) is 3.35. The first-order valence-corrected chi connectivity index (χ1v) is 9.72. The van der Waals surface area contributed by atoms with Gasteiger partial charge in [0.05, 0.1) is 0 Å². The van der Waals surface area contributed by atoms with Crippen molar-refractivity contribution >= 4 is 21.9 Å². The highest BCUT2D eigenvalue weighted by Gasteiger charge is 2.20. The zero-order valence-electron chi connectivity index (χ0n) is 15.0. The second kappa shape index (κ2) is 10.0. The summed E-state index contributed by atoms with van der Waals surface area (Å²) in [5.74, 6) is -0.238. The van der Waals surface area contributed by atoms with Crippen molar-refractivity contribution in [1.82, 2.24) is 5.32 Å². The van der Waals surface area contributed by atoms with Crippen molar-refractivity contribution in [3.8, 4) is 0 Å². The van der Waals surface area contributed by atoms with Crippen LogP contribution in [-0.2, 0) is 29.1 Å². The third-order valence-corrected chi connectivity index (χ3v) is 4.79. The molecule has 0 aliphatic carbocycles. The lowest BCUT2D eigenvalue weighted by atomic mass is 10.1. The van der Waals surface area contributed by atoms with Gasteiger partial charge < -0.3 is 10.1 Å². The minimum absolute atomic E-state index is 0.238. The van der Waals surface area contributed by atoms with Crippen LogP contribution >= 0.6 is 15.9 Å². The standard InChI is InChI=1S/C23H22BrNO2/c24-21-13-11-18(12-14-21)15-22(25-16-19-7-3-1-4-8-19)23(26)27-17-20-9-5-2-6-10-20/h1-14,22,25H,15-17H2. The van der Waals surface area contributed by atoms with Gasteiger partial charge in [0, 0.05) is 11.0 Å². The first-order chi connectivity index (χ1) is 13.2. The van der Waals surface area contributed by atoms with E-state index in [1.165, 1.54) is 0 Å². The molecule has 3 aromatic rings. The lowest BCUT2D eigenvalue weighted by molar-refractivity contribution is -0.147. The van der Waals surface area contributed by atoms with Crippen LogP contribution in [0.25, 0.3) is 0 Å². The van der Waals surface area contributed by atoms with Crippen LogP contribution in [0.3, 0.4) is 0 Å². The van der Waals surface area contributed by atoms with Gasteiger partial charge in [-0.25, -0.2) is 0 Å². The fraction of sp³-hybridized carbons (Fsp3) is 0.174. The molecule has 1 atom stereocenters. The number of esters is 1. The van der Waals surface area contributed by atoms with E-state index in [0.717, 1.165) is 21.2 Å². The van der Waals surface area contributed by atoms with Gasteiger partial charge in [-0.1, -0.05) is 88.7 Å². The van der Waals surface area contributed by atoms with Crippen LogP contribution in [0, 0.1) is 0 Å². The molecule has 1 N–H and O–H groups in total. The van der Waals surface area contributed by atoms with Gasteiger partial charge in [0.25, 0.3) is 0 Å². The molecule has 0 saturated heterocycles. The summed E-state index contributed by atoms with van der Waals surface area (Å²) < 4.78 is 6.58. The van der Waals surface area contributed by atoms with Crippen molar-refractivity contribution in [2.24, 2.45) is 0 Å². The quantitative estimate of drug-likeness (QED) is 0.523. The van der Waals surface area contributed by atoms with Gasteiger partial charge in [0.15, 0.2) is 0 Å². The van der Waals surface area contributed by atoms with Crippen molar-refractivity contribution in [1.29, 1.82) is 0 Å². The number of hydrogen-bond donors (Lipinski definition) is 1. The summed E-state index contributed by atoms with van der Waals surface area (Å²) in [6, 6.07) is 27.4. The number of carbonyl (C=O) groups excluding carboxylic acids is 1. The van der Waals surface area contributed by atoms with Crippen LogP contribution in [0.1, 0.15) is 16.7 Å². The van der Waals surface area contributed by atoms with Crippen LogP contribution in [-0.4, -0.2) is 12.0 Å². The highest BCUT2D eigenvalue weighted by Crippen LogP contribution is 2.13. The molecule has 0 aromatic heterocycles. The largest absolute Gasteiger partial charge is 0.460 e. The van der Waals surface area contributed by atoms with Crippen molar-refractivity contribution in [3.63, 3.8) is 0 Å². The number of nitrogens with one attached hydrogen (secondary N) is 1. The lowest BCUT2D eigenvalue weighted by Gasteiger charge is -2.18. The predicted molar refractivity (Wildman–Crippen MR) is 111 cm³/mol. The fourth-order valence-corrected chi connectivity index (χ4v) is 3.03. The molecule has 3 aromatic carbocycles. The van der Waals surface area contributed by atoms with Crippen LogP contribution in [0.5, 0.6) is 0 Å². The molecule has 0 saturated carbocycles. The van der Waals surface area contributed by atoms with Crippen molar-refractivity contribution in [2.75, 3.05) is 0 Å². The van der Waals surface area contributed by atoms with Crippen LogP contribution in [0.4, 0.5) is 0 Å². The van der Waals surface area contributed by atoms with Gasteiger partial charge in [-0.15, -0.1) is 0 Å². The number of benzene rings is 3. The predicted octanol–water partition coefficient (Wildman–Crippen LogP) is 4.89. The Hall–Kier alpha value is -2.43. The van der Waals surface area contributed by atoms with Crippen LogP contribution in [0.15, 0.2) is 89.4 Å². The minimum atomic E-state index is -0.407. The topological polar surface area (TPSA) is 38.3 Å². The monoisotopic (exact) mass is 423 g/mol. The number of ether oxygens (including phenoxy) is 1. The summed E-state index contributed by atoms with van der Waals surface area (Å²) >= 11 is 3.45. The number of halogens is 1. The number of rotatable bonds is 8. The molecule has 1 unspecified atom stereocenters. The smallest absolute Gasteiger partial charge is 0.323 e. The van der Waals surface area contributed by atoms with Crippen molar-refractivity contribution in [3.05, 3.63) is 106 Å². The molecule has 4 heteroatoms. The van der Waals surface area contributed by atoms with Crippen molar-refractivity contribution < 1.29 is 9.53 Å². The van der Waals surface area contributed by atoms with E-state index < -0.39 is 6.04 Å². The number of carbonyl (C=O) groups is 1. The molecular formula is C23H22BrNO2. The van der Waals surface area contributed by atoms with E-state index >= 15 is 0 Å². The third-order valence-electron chi connectivity index (χ3n) is 4.26. The Kier molecular flexibility index (Phi) is 7.19. The Morgan fingerprint density at radius 1 is 0.815 bits per heavy atom. The van der Waals surface area contributed by atoms with E-state index in [9.17, 15) is 4.79 Å². The second-order valence-electron chi connectivity index (χ2n) is 6.34. The first kappa shape index (κ1) is 19.3. The van der Waals surface area contributed by atoms with E-state index in [0.29, 0.717) is 13.0 Å². The third kappa shape index (κ3) is 6.35. The molecule has 138 valence electrons. The molecule has 27 heavy (non-hydrogen) atoms. The molecule has 3 nitrogen and oxygen atoms in total. The Bertz CT molecular complexity index is 835. The zero-order chi connectivity index (χ0) is 18.9. The van der Waals surface area contributed by atoms with Crippen LogP contribution in [0.2, 0.25) is 0 Å². The van der Waals surface area contributed by atoms with E-state index in [4.69, 9.17) is 4.74 Å². The molecular weight excluding hydrogens is 402 g/mol. The molecule has 0 bridgehead atoms. The average Bonchev–Trinajstić information content (AvgIpc) is 2.72. The Morgan fingerprint density at radius 2 is 1.41 bits per heavy atom. The molecule has 0 spiro atoms. The SMILES string of the molecule is O=C(OCc1ccccc1)C(Cc1ccc(Br)cc1)NCc1ccccc1. The van der Waals surface area contributed by atoms with E-state index in [1.54, 1.807) is 0 Å². The van der Waals surface area contributed by atoms with Gasteiger partial charge in [-0.05, 0) is 35.2 Å². The first-order valence-electron chi connectivity index (χ1n) is 8.93. The summed E-state index contributed by atoms with van der Waals surface area (Å²) in [4.78, 5) is 12.7. The van der Waals surface area contributed by atoms with Crippen molar-refractivity contribution in [2.45, 2.75) is 25.6 Å². The lowest BCUT2D eigenvalue weighted by Crippen LogP contribution is -2.39. The summed E-state index contributed by atoms with van der Waals surface area (Å²) in [7, 11) is 0. The fourth-order valence-electron chi connectivity index (χ4n) is 2.76. The molecule has 3 rings (SSSR count). The van der Waals surface area contributed by atoms with Gasteiger partial charge in [0.1, 0.15) is 12.6 Å².